The number of halogens is 3. The first-order valence-electron chi connectivity index (χ1n) is 9.84. The Morgan fingerprint density at radius 3 is 1.43 bits per heavy atom. The summed E-state index contributed by atoms with van der Waals surface area (Å²) in [7, 11) is 0. The van der Waals surface area contributed by atoms with E-state index in [1.807, 2.05) is 12.2 Å². The van der Waals surface area contributed by atoms with E-state index in [4.69, 9.17) is 34.8 Å². The number of nitrogens with zero attached hydrogens (tertiary/aromatic N) is 1. The summed E-state index contributed by atoms with van der Waals surface area (Å²) in [5.41, 5.74) is 0. The third kappa shape index (κ3) is 8.89. The van der Waals surface area contributed by atoms with Crippen LogP contribution in [0.5, 0.6) is 0 Å². The van der Waals surface area contributed by atoms with Crippen LogP contribution in [0.4, 0.5) is 0 Å². The number of imide groups is 1. The minimum Gasteiger partial charge on any atom is -0.273 e. The van der Waals surface area contributed by atoms with Crippen molar-refractivity contribution in [2.24, 2.45) is 11.8 Å². The van der Waals surface area contributed by atoms with Crippen LogP contribution in [0.1, 0.15) is 51.4 Å². The lowest BCUT2D eigenvalue weighted by molar-refractivity contribution is -0.133. The van der Waals surface area contributed by atoms with Crippen molar-refractivity contribution < 1.29 is 9.59 Å². The highest BCUT2D eigenvalue weighted by Gasteiger charge is 2.49. The van der Waals surface area contributed by atoms with Crippen LogP contribution < -0.4 is 0 Å². The first kappa shape index (κ1) is 25.1. The van der Waals surface area contributed by atoms with Gasteiger partial charge >= 0.3 is 0 Å². The lowest BCUT2D eigenvalue weighted by Crippen LogP contribution is -2.26. The van der Waals surface area contributed by atoms with Crippen LogP contribution in [0.3, 0.4) is 0 Å². The van der Waals surface area contributed by atoms with Gasteiger partial charge in [0.1, 0.15) is 0 Å². The Kier molecular flexibility index (Phi) is 11.9. The number of hydrogen-bond donors (Lipinski definition) is 0. The second-order valence-electron chi connectivity index (χ2n) is 7.01. The maximum atomic E-state index is 11.9. The standard InChI is InChI=1S/C9H8Cl3NO2S.2C5H10S/c10-9(11,12)16-13-7(14)5-3-1-2-4-6(5)8(13)15;2*1-2-4-6-5-3-1/h1-2,5-6H,3-4H2;2*1-5H2. The molecule has 0 saturated carbocycles. The molecular formula is C19H28Cl3NO2S3. The number of amides is 2. The van der Waals surface area contributed by atoms with Gasteiger partial charge in [-0.25, -0.2) is 4.31 Å². The molecule has 2 amide bonds. The van der Waals surface area contributed by atoms with Crippen LogP contribution >= 0.6 is 70.3 Å². The predicted octanol–water partition coefficient (Wildman–Crippen LogP) is 6.72. The molecule has 9 heteroatoms. The van der Waals surface area contributed by atoms with Gasteiger partial charge in [-0.3, -0.25) is 9.59 Å². The van der Waals surface area contributed by atoms with Gasteiger partial charge in [-0.05, 0) is 61.5 Å². The molecule has 0 aromatic heterocycles. The molecule has 0 bridgehead atoms. The summed E-state index contributed by atoms with van der Waals surface area (Å²) in [6.45, 7) is 0. The number of carbonyl (C=O) groups is 2. The Hall–Kier alpha value is 0.800. The number of allylic oxidation sites excluding steroid dienone is 2. The lowest BCUT2D eigenvalue weighted by Gasteiger charge is -2.17. The topological polar surface area (TPSA) is 37.4 Å². The van der Waals surface area contributed by atoms with Gasteiger partial charge < -0.3 is 0 Å². The summed E-state index contributed by atoms with van der Waals surface area (Å²) < 4.78 is -0.693. The van der Waals surface area contributed by atoms with Gasteiger partial charge in [0.05, 0.1) is 11.8 Å². The highest BCUT2D eigenvalue weighted by atomic mass is 35.6. The molecule has 160 valence electrons. The van der Waals surface area contributed by atoms with Gasteiger partial charge in [0, 0.05) is 11.9 Å². The van der Waals surface area contributed by atoms with E-state index in [0.717, 1.165) is 4.31 Å². The zero-order valence-corrected chi connectivity index (χ0v) is 20.6. The number of alkyl halides is 3. The molecule has 0 aromatic rings. The molecule has 3 saturated heterocycles. The largest absolute Gasteiger partial charge is 0.273 e. The number of fused-ring (bicyclic) bond motifs is 1. The molecule has 4 aliphatic rings. The van der Waals surface area contributed by atoms with Gasteiger partial charge in [0.25, 0.3) is 3.12 Å². The molecule has 0 spiro atoms. The fourth-order valence-electron chi connectivity index (χ4n) is 3.34. The Morgan fingerprint density at radius 2 is 1.18 bits per heavy atom. The van der Waals surface area contributed by atoms with Crippen LogP contribution in [0.25, 0.3) is 0 Å². The van der Waals surface area contributed by atoms with Gasteiger partial charge in [-0.15, -0.1) is 0 Å². The molecule has 2 unspecified atom stereocenters. The van der Waals surface area contributed by atoms with Gasteiger partial charge in [-0.2, -0.15) is 23.5 Å². The second-order valence-corrected chi connectivity index (χ2v) is 13.6. The van der Waals surface area contributed by atoms with E-state index in [9.17, 15) is 9.59 Å². The monoisotopic (exact) mass is 503 g/mol. The zero-order chi connectivity index (χ0) is 20.4. The average molecular weight is 505 g/mol. The fraction of sp³-hybridized carbons (Fsp3) is 0.789. The third-order valence-corrected chi connectivity index (χ3v) is 8.50. The minimum absolute atomic E-state index is 0.254. The van der Waals surface area contributed by atoms with Crippen LogP contribution in [-0.4, -0.2) is 42.3 Å². The molecule has 3 fully saturated rings. The predicted molar refractivity (Wildman–Crippen MR) is 127 cm³/mol. The number of thioether (sulfide) groups is 2. The van der Waals surface area contributed by atoms with E-state index < -0.39 is 3.12 Å². The minimum atomic E-state index is -1.69. The summed E-state index contributed by atoms with van der Waals surface area (Å²) in [4.78, 5) is 23.8. The van der Waals surface area contributed by atoms with Crippen LogP contribution in [0.15, 0.2) is 12.2 Å². The van der Waals surface area contributed by atoms with Crippen LogP contribution in [0.2, 0.25) is 0 Å². The first-order chi connectivity index (χ1) is 13.4. The molecule has 28 heavy (non-hydrogen) atoms. The molecule has 0 aromatic carbocycles. The van der Waals surface area contributed by atoms with Crippen molar-refractivity contribution in [2.75, 3.05) is 23.0 Å². The van der Waals surface area contributed by atoms with Crippen molar-refractivity contribution in [3.63, 3.8) is 0 Å². The van der Waals surface area contributed by atoms with Crippen molar-refractivity contribution in [3.05, 3.63) is 12.2 Å². The third-order valence-electron chi connectivity index (χ3n) is 4.82. The van der Waals surface area contributed by atoms with E-state index >= 15 is 0 Å². The summed E-state index contributed by atoms with van der Waals surface area (Å²) in [6, 6.07) is 0. The van der Waals surface area contributed by atoms with Gasteiger partial charge in [-0.1, -0.05) is 59.8 Å². The highest BCUT2D eigenvalue weighted by molar-refractivity contribution is 8.03. The van der Waals surface area contributed by atoms with E-state index in [0.29, 0.717) is 24.8 Å². The van der Waals surface area contributed by atoms with E-state index in [1.165, 1.54) is 61.5 Å². The van der Waals surface area contributed by atoms with Gasteiger partial charge in [0.2, 0.25) is 11.8 Å². The quantitative estimate of drug-likeness (QED) is 0.171. The maximum absolute atomic E-state index is 11.9. The molecule has 2 atom stereocenters. The molecule has 0 radical (unpaired) electrons. The second kappa shape index (κ2) is 13.3. The maximum Gasteiger partial charge on any atom is 0.256 e. The number of carbonyl (C=O) groups excluding carboxylic acids is 2. The summed E-state index contributed by atoms with van der Waals surface area (Å²) >= 11 is 21.6. The molecule has 3 aliphatic heterocycles. The Bertz CT molecular complexity index is 474. The molecule has 3 heterocycles. The molecular weight excluding hydrogens is 477 g/mol. The molecule has 4 rings (SSSR count). The van der Waals surface area contributed by atoms with Crippen LogP contribution in [0, 0.1) is 11.8 Å². The van der Waals surface area contributed by atoms with Crippen LogP contribution in [-0.2, 0) is 9.59 Å². The molecule has 1 aliphatic carbocycles. The molecule has 3 nitrogen and oxygen atoms in total. The van der Waals surface area contributed by atoms with E-state index in [-0.39, 0.29) is 23.7 Å². The van der Waals surface area contributed by atoms with Crippen molar-refractivity contribution in [2.45, 2.75) is 54.5 Å². The fourth-order valence-corrected chi connectivity index (χ4v) is 6.66. The van der Waals surface area contributed by atoms with Crippen molar-refractivity contribution in [1.82, 2.24) is 4.31 Å². The number of hydrogen-bond acceptors (Lipinski definition) is 5. The Morgan fingerprint density at radius 1 is 0.786 bits per heavy atom. The molecule has 0 N–H and O–H groups in total. The Balaban J connectivity index is 0.000000190. The Labute approximate surface area is 196 Å². The lowest BCUT2D eigenvalue weighted by atomic mass is 9.85. The van der Waals surface area contributed by atoms with Crippen molar-refractivity contribution >= 4 is 82.1 Å². The summed E-state index contributed by atoms with van der Waals surface area (Å²) in [5.74, 6) is 4.60. The zero-order valence-electron chi connectivity index (χ0n) is 15.9. The van der Waals surface area contributed by atoms with E-state index in [1.54, 1.807) is 0 Å². The SMILES string of the molecule is C1CCSCC1.C1CCSCC1.O=C1C2CC=CCC2C(=O)N1SC(Cl)(Cl)Cl. The highest BCUT2D eigenvalue weighted by Crippen LogP contribution is 2.46. The first-order valence-corrected chi connectivity index (χ1v) is 14.1. The van der Waals surface area contributed by atoms with Gasteiger partial charge in [0.15, 0.2) is 0 Å². The smallest absolute Gasteiger partial charge is 0.256 e. The average Bonchev–Trinajstić information content (AvgIpc) is 2.96. The van der Waals surface area contributed by atoms with Crippen molar-refractivity contribution in [1.29, 1.82) is 0 Å². The normalized spacial score (nSPS) is 27.3. The summed E-state index contributed by atoms with van der Waals surface area (Å²) in [5, 5.41) is 0. The van der Waals surface area contributed by atoms with Crippen molar-refractivity contribution in [3.8, 4) is 0 Å². The summed E-state index contributed by atoms with van der Waals surface area (Å²) in [6.07, 6.45) is 13.8. The number of rotatable bonds is 1. The van der Waals surface area contributed by atoms with E-state index in [2.05, 4.69) is 23.5 Å².